The number of benzene rings is 1. The summed E-state index contributed by atoms with van der Waals surface area (Å²) in [4.78, 5) is 2.30. The topological polar surface area (TPSA) is 47.7 Å². The van der Waals surface area contributed by atoms with Gasteiger partial charge in [-0.2, -0.15) is 0 Å². The van der Waals surface area contributed by atoms with Crippen LogP contribution in [-0.2, 0) is 4.74 Å². The van der Waals surface area contributed by atoms with Gasteiger partial charge in [0.05, 0.1) is 24.1 Å². The number of para-hydroxylation sites is 1. The lowest BCUT2D eigenvalue weighted by molar-refractivity contribution is 0.0498. The van der Waals surface area contributed by atoms with Crippen LogP contribution in [0.1, 0.15) is 20.3 Å². The summed E-state index contributed by atoms with van der Waals surface area (Å²) in [5, 5.41) is 0. The molecule has 1 fully saturated rings. The summed E-state index contributed by atoms with van der Waals surface area (Å²) in [6.07, 6.45) is 1.39. The maximum atomic E-state index is 6.21. The summed E-state index contributed by atoms with van der Waals surface area (Å²) in [6.45, 7) is 6.74. The van der Waals surface area contributed by atoms with Crippen LogP contribution in [0.2, 0.25) is 0 Å². The highest BCUT2D eigenvalue weighted by Gasteiger charge is 2.27. The van der Waals surface area contributed by atoms with Crippen molar-refractivity contribution >= 4 is 11.4 Å². The van der Waals surface area contributed by atoms with Gasteiger partial charge in [-0.25, -0.2) is 0 Å². The van der Waals surface area contributed by atoms with Gasteiger partial charge in [0.2, 0.25) is 0 Å². The predicted molar refractivity (Wildman–Crippen MR) is 78.8 cm³/mol. The van der Waals surface area contributed by atoms with E-state index in [1.54, 1.807) is 7.11 Å². The summed E-state index contributed by atoms with van der Waals surface area (Å²) in [7, 11) is 1.78. The zero-order valence-electron chi connectivity index (χ0n) is 12.1. The third-order valence-corrected chi connectivity index (χ3v) is 3.88. The molecule has 4 nitrogen and oxygen atoms in total. The predicted octanol–water partition coefficient (Wildman–Crippen LogP) is 2.53. The first-order valence-electron chi connectivity index (χ1n) is 6.96. The zero-order chi connectivity index (χ0) is 13.8. The third-order valence-electron chi connectivity index (χ3n) is 3.88. The molecule has 19 heavy (non-hydrogen) atoms. The number of nitrogens with zero attached hydrogens (tertiary/aromatic N) is 1. The Hall–Kier alpha value is -1.42. The molecule has 0 spiro atoms. The molecule has 1 saturated heterocycles. The first-order chi connectivity index (χ1) is 9.17. The van der Waals surface area contributed by atoms with E-state index in [1.165, 1.54) is 0 Å². The smallest absolute Gasteiger partial charge is 0.144 e. The largest absolute Gasteiger partial charge is 0.492 e. The third kappa shape index (κ3) is 2.95. The van der Waals surface area contributed by atoms with Crippen molar-refractivity contribution < 1.29 is 9.47 Å². The average molecular weight is 264 g/mol. The number of hydrogen-bond acceptors (Lipinski definition) is 4. The Morgan fingerprint density at radius 3 is 2.89 bits per heavy atom. The minimum absolute atomic E-state index is 0.267. The highest BCUT2D eigenvalue weighted by Crippen LogP contribution is 2.34. The molecule has 0 radical (unpaired) electrons. The molecule has 2 rings (SSSR count). The highest BCUT2D eigenvalue weighted by atomic mass is 16.5. The van der Waals surface area contributed by atoms with Crippen molar-refractivity contribution in [3.05, 3.63) is 18.2 Å². The average Bonchev–Trinajstić information content (AvgIpc) is 2.42. The number of rotatable bonds is 4. The molecular formula is C15H24N2O2. The Morgan fingerprint density at radius 2 is 2.21 bits per heavy atom. The molecule has 1 aliphatic heterocycles. The normalized spacial score (nSPS) is 23.4. The van der Waals surface area contributed by atoms with Crippen molar-refractivity contribution in [1.82, 2.24) is 0 Å². The fourth-order valence-corrected chi connectivity index (χ4v) is 2.65. The van der Waals surface area contributed by atoms with E-state index in [9.17, 15) is 0 Å². The molecule has 4 heteroatoms. The standard InChI is InChI=1S/C15H24N2O2/c1-4-19-13-7-5-6-12(15(13)16)17-9-8-11(2)14(10-17)18-3/h5-7,11,14H,4,8-10,16H2,1-3H3. The fourth-order valence-electron chi connectivity index (χ4n) is 2.65. The SMILES string of the molecule is CCOc1cccc(N2CCC(C)C(OC)C2)c1N. The van der Waals surface area contributed by atoms with Gasteiger partial charge in [-0.3, -0.25) is 0 Å². The minimum Gasteiger partial charge on any atom is -0.492 e. The van der Waals surface area contributed by atoms with Crippen LogP contribution in [0.15, 0.2) is 18.2 Å². The molecule has 2 N–H and O–H groups in total. The lowest BCUT2D eigenvalue weighted by Crippen LogP contribution is -2.44. The molecule has 1 aromatic rings. The minimum atomic E-state index is 0.267. The van der Waals surface area contributed by atoms with E-state index in [4.69, 9.17) is 15.2 Å². The van der Waals surface area contributed by atoms with Crippen LogP contribution in [-0.4, -0.2) is 32.9 Å². The molecule has 2 atom stereocenters. The summed E-state index contributed by atoms with van der Waals surface area (Å²) in [5.41, 5.74) is 8.00. The van der Waals surface area contributed by atoms with Gasteiger partial charge in [0, 0.05) is 20.2 Å². The summed E-state index contributed by atoms with van der Waals surface area (Å²) in [6, 6.07) is 5.97. The van der Waals surface area contributed by atoms with Gasteiger partial charge in [-0.15, -0.1) is 0 Å². The molecule has 0 saturated carbocycles. The van der Waals surface area contributed by atoms with Gasteiger partial charge in [-0.05, 0) is 31.4 Å². The number of hydrogen-bond donors (Lipinski definition) is 1. The fraction of sp³-hybridized carbons (Fsp3) is 0.600. The molecule has 0 amide bonds. The van der Waals surface area contributed by atoms with Crippen LogP contribution in [0.5, 0.6) is 5.75 Å². The van der Waals surface area contributed by atoms with Crippen molar-refractivity contribution in [2.45, 2.75) is 26.4 Å². The first-order valence-corrected chi connectivity index (χ1v) is 6.96. The van der Waals surface area contributed by atoms with Crippen LogP contribution in [0, 0.1) is 5.92 Å². The van der Waals surface area contributed by atoms with Crippen molar-refractivity contribution in [1.29, 1.82) is 0 Å². The highest BCUT2D eigenvalue weighted by molar-refractivity contribution is 5.74. The Bertz CT molecular complexity index is 423. The second-order valence-corrected chi connectivity index (χ2v) is 5.11. The number of nitrogens with two attached hydrogens (primary N) is 1. The Balaban J connectivity index is 2.20. The lowest BCUT2D eigenvalue weighted by Gasteiger charge is -2.38. The maximum absolute atomic E-state index is 6.21. The summed E-state index contributed by atoms with van der Waals surface area (Å²) < 4.78 is 11.1. The second-order valence-electron chi connectivity index (χ2n) is 5.11. The van der Waals surface area contributed by atoms with E-state index < -0.39 is 0 Å². The van der Waals surface area contributed by atoms with Gasteiger partial charge in [0.1, 0.15) is 5.75 Å². The number of anilines is 2. The number of nitrogen functional groups attached to an aromatic ring is 1. The van der Waals surface area contributed by atoms with E-state index in [1.807, 2.05) is 19.1 Å². The first kappa shape index (κ1) is 14.0. The second kappa shape index (κ2) is 6.15. The molecule has 0 bridgehead atoms. The molecule has 2 unspecified atom stereocenters. The molecule has 0 aliphatic carbocycles. The van der Waals surface area contributed by atoms with E-state index in [-0.39, 0.29) is 6.10 Å². The van der Waals surface area contributed by atoms with Crippen molar-refractivity contribution in [3.63, 3.8) is 0 Å². The zero-order valence-corrected chi connectivity index (χ0v) is 12.1. The number of ether oxygens (including phenoxy) is 2. The summed E-state index contributed by atoms with van der Waals surface area (Å²) in [5.74, 6) is 1.37. The van der Waals surface area contributed by atoms with E-state index >= 15 is 0 Å². The van der Waals surface area contributed by atoms with Gasteiger partial charge in [-0.1, -0.05) is 13.0 Å². The van der Waals surface area contributed by atoms with Gasteiger partial charge >= 0.3 is 0 Å². The molecule has 1 aromatic carbocycles. The van der Waals surface area contributed by atoms with Crippen molar-refractivity contribution in [2.24, 2.45) is 5.92 Å². The van der Waals surface area contributed by atoms with Crippen LogP contribution in [0.4, 0.5) is 11.4 Å². The van der Waals surface area contributed by atoms with E-state index in [2.05, 4.69) is 17.9 Å². The van der Waals surface area contributed by atoms with Crippen LogP contribution >= 0.6 is 0 Å². The lowest BCUT2D eigenvalue weighted by atomic mass is 9.95. The monoisotopic (exact) mass is 264 g/mol. The molecule has 1 aliphatic rings. The van der Waals surface area contributed by atoms with Gasteiger partial charge in [0.25, 0.3) is 0 Å². The van der Waals surface area contributed by atoms with Crippen LogP contribution in [0.25, 0.3) is 0 Å². The molecular weight excluding hydrogens is 240 g/mol. The number of methoxy groups -OCH3 is 1. The van der Waals surface area contributed by atoms with Gasteiger partial charge in [0.15, 0.2) is 0 Å². The molecule has 106 valence electrons. The Kier molecular flexibility index (Phi) is 4.53. The maximum Gasteiger partial charge on any atom is 0.144 e. The Morgan fingerprint density at radius 1 is 1.42 bits per heavy atom. The quantitative estimate of drug-likeness (QED) is 0.849. The van der Waals surface area contributed by atoms with Crippen LogP contribution in [0.3, 0.4) is 0 Å². The van der Waals surface area contributed by atoms with Crippen molar-refractivity contribution in [2.75, 3.05) is 37.4 Å². The molecule has 0 aromatic heterocycles. The van der Waals surface area contributed by atoms with Crippen molar-refractivity contribution in [3.8, 4) is 5.75 Å². The van der Waals surface area contributed by atoms with E-state index in [0.717, 1.165) is 36.6 Å². The molecule has 1 heterocycles. The number of piperidine rings is 1. The van der Waals surface area contributed by atoms with Crippen LogP contribution < -0.4 is 15.4 Å². The van der Waals surface area contributed by atoms with Gasteiger partial charge < -0.3 is 20.1 Å². The Labute approximate surface area is 115 Å². The summed E-state index contributed by atoms with van der Waals surface area (Å²) >= 11 is 0. The van der Waals surface area contributed by atoms with E-state index in [0.29, 0.717) is 12.5 Å².